The molecule has 7 heteroatoms. The SMILES string of the molecule is Cc1c(-c2ccccc2)c(N2CC[C@@H](CNCC(=O)O)C2)n2c(nc3ccccc32)c1C#N. The summed E-state index contributed by atoms with van der Waals surface area (Å²) >= 11 is 0. The molecule has 7 nitrogen and oxygen atoms in total. The maximum absolute atomic E-state index is 10.9. The monoisotopic (exact) mass is 439 g/mol. The lowest BCUT2D eigenvalue weighted by atomic mass is 9.97. The number of imidazole rings is 1. The molecular formula is C26H25N5O2. The number of aliphatic carboxylic acids is 1. The number of benzene rings is 2. The van der Waals surface area contributed by atoms with Gasteiger partial charge in [-0.1, -0.05) is 42.5 Å². The molecule has 0 unspecified atom stereocenters. The summed E-state index contributed by atoms with van der Waals surface area (Å²) in [5.74, 6) is 0.543. The molecule has 1 saturated heterocycles. The Morgan fingerprint density at radius 1 is 1.21 bits per heavy atom. The van der Waals surface area contributed by atoms with Crippen LogP contribution < -0.4 is 10.2 Å². The first-order chi connectivity index (χ1) is 16.1. The number of aromatic nitrogens is 2. The molecule has 2 aromatic heterocycles. The lowest BCUT2D eigenvalue weighted by Gasteiger charge is -2.26. The summed E-state index contributed by atoms with van der Waals surface area (Å²) in [6.45, 7) is 4.29. The van der Waals surface area contributed by atoms with Gasteiger partial charge in [-0.25, -0.2) is 4.98 Å². The number of rotatable bonds is 6. The van der Waals surface area contributed by atoms with Crippen LogP contribution in [-0.2, 0) is 4.79 Å². The number of carboxylic acid groups (broad SMARTS) is 1. The molecule has 0 amide bonds. The van der Waals surface area contributed by atoms with Crippen LogP contribution in [0.25, 0.3) is 27.8 Å². The second kappa shape index (κ2) is 8.57. The Kier molecular flexibility index (Phi) is 5.45. The molecule has 1 atom stereocenters. The van der Waals surface area contributed by atoms with Crippen molar-refractivity contribution in [3.63, 3.8) is 0 Å². The van der Waals surface area contributed by atoms with Crippen molar-refractivity contribution in [3.05, 3.63) is 65.7 Å². The van der Waals surface area contributed by atoms with Gasteiger partial charge in [0.2, 0.25) is 0 Å². The lowest BCUT2D eigenvalue weighted by molar-refractivity contribution is -0.135. The highest BCUT2D eigenvalue weighted by molar-refractivity contribution is 5.92. The van der Waals surface area contributed by atoms with Crippen LogP contribution in [0.3, 0.4) is 0 Å². The number of nitrogens with zero attached hydrogens (tertiary/aromatic N) is 4. The molecule has 5 rings (SSSR count). The number of carboxylic acids is 1. The summed E-state index contributed by atoms with van der Waals surface area (Å²) < 4.78 is 2.14. The van der Waals surface area contributed by atoms with E-state index in [9.17, 15) is 10.1 Å². The molecule has 1 aliphatic rings. The van der Waals surface area contributed by atoms with Gasteiger partial charge in [0.05, 0.1) is 23.1 Å². The van der Waals surface area contributed by atoms with Crippen molar-refractivity contribution in [2.45, 2.75) is 13.3 Å². The number of anilines is 1. The van der Waals surface area contributed by atoms with E-state index in [1.165, 1.54) is 0 Å². The standard InChI is InChI=1S/C26H25N5O2/c1-17-20(13-27)25-29-21-9-5-6-10-22(21)31(25)26(24(17)19-7-3-2-4-8-19)30-12-11-18(16-30)14-28-15-23(32)33/h2-10,18,28H,11-12,14-16H2,1H3,(H,32,33)/t18-/m0/s1. The van der Waals surface area contributed by atoms with Crippen molar-refractivity contribution in [2.24, 2.45) is 5.92 Å². The molecular weight excluding hydrogens is 414 g/mol. The van der Waals surface area contributed by atoms with E-state index in [4.69, 9.17) is 10.1 Å². The summed E-state index contributed by atoms with van der Waals surface area (Å²) in [4.78, 5) is 18.1. The zero-order valence-corrected chi connectivity index (χ0v) is 18.5. The zero-order valence-electron chi connectivity index (χ0n) is 18.5. The average molecular weight is 440 g/mol. The fourth-order valence-electron chi connectivity index (χ4n) is 4.94. The smallest absolute Gasteiger partial charge is 0.317 e. The van der Waals surface area contributed by atoms with Crippen molar-refractivity contribution in [2.75, 3.05) is 31.1 Å². The van der Waals surface area contributed by atoms with E-state index in [0.29, 0.717) is 23.7 Å². The highest BCUT2D eigenvalue weighted by Crippen LogP contribution is 2.41. The van der Waals surface area contributed by atoms with Gasteiger partial charge in [0.15, 0.2) is 5.65 Å². The number of hydrogen-bond donors (Lipinski definition) is 2. The third kappa shape index (κ3) is 3.69. The minimum atomic E-state index is -0.842. The Labute approximate surface area is 191 Å². The molecule has 1 aliphatic heterocycles. The van der Waals surface area contributed by atoms with Crippen LogP contribution in [0.5, 0.6) is 0 Å². The maximum Gasteiger partial charge on any atom is 0.317 e. The molecule has 0 radical (unpaired) electrons. The molecule has 3 heterocycles. The molecule has 2 N–H and O–H groups in total. The van der Waals surface area contributed by atoms with Crippen LogP contribution in [-0.4, -0.2) is 46.6 Å². The van der Waals surface area contributed by atoms with E-state index in [2.05, 4.69) is 32.8 Å². The molecule has 1 fully saturated rings. The quantitative estimate of drug-likeness (QED) is 0.474. The van der Waals surface area contributed by atoms with Gasteiger partial charge in [0.25, 0.3) is 0 Å². The Hall–Kier alpha value is -3.89. The predicted molar refractivity (Wildman–Crippen MR) is 128 cm³/mol. The number of fused-ring (bicyclic) bond motifs is 3. The second-order valence-electron chi connectivity index (χ2n) is 8.56. The van der Waals surface area contributed by atoms with Crippen molar-refractivity contribution >= 4 is 28.5 Å². The largest absolute Gasteiger partial charge is 0.480 e. The number of para-hydroxylation sites is 2. The second-order valence-corrected chi connectivity index (χ2v) is 8.56. The molecule has 166 valence electrons. The van der Waals surface area contributed by atoms with E-state index >= 15 is 0 Å². The molecule has 0 saturated carbocycles. The van der Waals surface area contributed by atoms with Crippen LogP contribution in [0.1, 0.15) is 17.5 Å². The summed E-state index contributed by atoms with van der Waals surface area (Å²) in [5, 5.41) is 22.1. The van der Waals surface area contributed by atoms with Gasteiger partial charge >= 0.3 is 5.97 Å². The number of nitriles is 1. The predicted octanol–water partition coefficient (Wildman–Crippen LogP) is 3.84. The Morgan fingerprint density at radius 2 is 1.97 bits per heavy atom. The van der Waals surface area contributed by atoms with E-state index in [0.717, 1.165) is 53.1 Å². The minimum absolute atomic E-state index is 0.0296. The van der Waals surface area contributed by atoms with Gasteiger partial charge in [-0.15, -0.1) is 0 Å². The minimum Gasteiger partial charge on any atom is -0.480 e. The Bertz CT molecular complexity index is 1390. The lowest BCUT2D eigenvalue weighted by Crippen LogP contribution is -2.30. The highest BCUT2D eigenvalue weighted by Gasteiger charge is 2.30. The van der Waals surface area contributed by atoms with Gasteiger partial charge in [0.1, 0.15) is 11.9 Å². The van der Waals surface area contributed by atoms with E-state index in [-0.39, 0.29) is 6.54 Å². The maximum atomic E-state index is 10.9. The first-order valence-corrected chi connectivity index (χ1v) is 11.1. The topological polar surface area (TPSA) is 93.7 Å². The molecule has 0 spiro atoms. The third-order valence-corrected chi connectivity index (χ3v) is 6.44. The fraction of sp³-hybridized carbons (Fsp3) is 0.269. The zero-order chi connectivity index (χ0) is 22.9. The van der Waals surface area contributed by atoms with Crippen molar-refractivity contribution in [1.82, 2.24) is 14.7 Å². The summed E-state index contributed by atoms with van der Waals surface area (Å²) in [5.41, 5.74) is 6.14. The van der Waals surface area contributed by atoms with Crippen LogP contribution in [0.2, 0.25) is 0 Å². The van der Waals surface area contributed by atoms with Gasteiger partial charge in [0, 0.05) is 25.2 Å². The van der Waals surface area contributed by atoms with E-state index < -0.39 is 5.97 Å². The van der Waals surface area contributed by atoms with Crippen LogP contribution in [0.15, 0.2) is 54.6 Å². The first-order valence-electron chi connectivity index (χ1n) is 11.1. The Balaban J connectivity index is 1.71. The number of pyridine rings is 1. The van der Waals surface area contributed by atoms with Crippen LogP contribution >= 0.6 is 0 Å². The van der Waals surface area contributed by atoms with Gasteiger partial charge < -0.3 is 15.3 Å². The van der Waals surface area contributed by atoms with Crippen LogP contribution in [0, 0.1) is 24.2 Å². The Morgan fingerprint density at radius 3 is 2.73 bits per heavy atom. The third-order valence-electron chi connectivity index (χ3n) is 6.44. The normalized spacial score (nSPS) is 15.9. The van der Waals surface area contributed by atoms with E-state index in [1.54, 1.807) is 0 Å². The number of hydrogen-bond acceptors (Lipinski definition) is 5. The molecule has 0 aliphatic carbocycles. The summed E-state index contributed by atoms with van der Waals surface area (Å²) in [6, 6.07) is 20.6. The van der Waals surface area contributed by atoms with Gasteiger partial charge in [-0.2, -0.15) is 5.26 Å². The first kappa shape index (κ1) is 21.0. The van der Waals surface area contributed by atoms with Crippen molar-refractivity contribution < 1.29 is 9.90 Å². The highest BCUT2D eigenvalue weighted by atomic mass is 16.4. The molecule has 4 aromatic rings. The van der Waals surface area contributed by atoms with E-state index in [1.807, 2.05) is 49.4 Å². The summed E-state index contributed by atoms with van der Waals surface area (Å²) in [7, 11) is 0. The number of nitrogens with one attached hydrogen (secondary N) is 1. The summed E-state index contributed by atoms with van der Waals surface area (Å²) in [6.07, 6.45) is 0.966. The fourth-order valence-corrected chi connectivity index (χ4v) is 4.94. The van der Waals surface area contributed by atoms with Gasteiger partial charge in [-0.3, -0.25) is 9.20 Å². The van der Waals surface area contributed by atoms with Crippen molar-refractivity contribution in [1.29, 1.82) is 5.26 Å². The molecule has 2 aromatic carbocycles. The molecule has 0 bridgehead atoms. The van der Waals surface area contributed by atoms with Gasteiger partial charge in [-0.05, 0) is 42.5 Å². The number of carbonyl (C=O) groups is 1. The van der Waals surface area contributed by atoms with Crippen molar-refractivity contribution in [3.8, 4) is 17.2 Å². The molecule has 33 heavy (non-hydrogen) atoms. The van der Waals surface area contributed by atoms with Crippen LogP contribution in [0.4, 0.5) is 5.82 Å². The average Bonchev–Trinajstić information content (AvgIpc) is 3.43.